The van der Waals surface area contributed by atoms with Crippen LogP contribution in [0, 0.1) is 13.8 Å². The summed E-state index contributed by atoms with van der Waals surface area (Å²) in [6, 6.07) is 6.10. The van der Waals surface area contributed by atoms with Crippen molar-refractivity contribution in [3.8, 4) is 0 Å². The van der Waals surface area contributed by atoms with Crippen molar-refractivity contribution in [1.29, 1.82) is 0 Å². The van der Waals surface area contributed by atoms with Gasteiger partial charge in [0, 0.05) is 16.1 Å². The van der Waals surface area contributed by atoms with Crippen LogP contribution in [-0.2, 0) is 11.2 Å². The molecule has 3 nitrogen and oxygen atoms in total. The minimum atomic E-state index is -0.131. The van der Waals surface area contributed by atoms with Gasteiger partial charge in [0.15, 0.2) is 6.29 Å². The van der Waals surface area contributed by atoms with E-state index in [-0.39, 0.29) is 6.10 Å². The average molecular weight is 273 g/mol. The van der Waals surface area contributed by atoms with E-state index in [4.69, 9.17) is 4.74 Å². The molecule has 0 spiro atoms. The van der Waals surface area contributed by atoms with Gasteiger partial charge < -0.3 is 4.74 Å². The Morgan fingerprint density at radius 3 is 3.00 bits per heavy atom. The molecule has 4 heteroatoms. The smallest absolute Gasteiger partial charge is 0.160 e. The molecule has 98 valence electrons. The SMILES string of the molecule is Cc1ccc2c(n1)C(c1cc(C=O)sc1C)OCC2. The number of fused-ring (bicyclic) bond motifs is 1. The maximum absolute atomic E-state index is 10.9. The highest BCUT2D eigenvalue weighted by Gasteiger charge is 2.26. The van der Waals surface area contributed by atoms with E-state index >= 15 is 0 Å². The molecule has 0 N–H and O–H groups in total. The monoisotopic (exact) mass is 273 g/mol. The van der Waals surface area contributed by atoms with E-state index in [2.05, 4.69) is 11.1 Å². The number of hydrogen-bond acceptors (Lipinski definition) is 4. The maximum atomic E-state index is 10.9. The van der Waals surface area contributed by atoms with Gasteiger partial charge in [-0.3, -0.25) is 9.78 Å². The number of ether oxygens (including phenoxy) is 1. The van der Waals surface area contributed by atoms with E-state index < -0.39 is 0 Å². The number of pyridine rings is 1. The predicted molar refractivity (Wildman–Crippen MR) is 74.9 cm³/mol. The van der Waals surface area contributed by atoms with Crippen LogP contribution in [0.25, 0.3) is 0 Å². The molecular weight excluding hydrogens is 258 g/mol. The Kier molecular flexibility index (Phi) is 3.21. The highest BCUT2D eigenvalue weighted by Crippen LogP contribution is 2.36. The number of thiophene rings is 1. The second-order valence-electron chi connectivity index (χ2n) is 4.78. The summed E-state index contributed by atoms with van der Waals surface area (Å²) in [7, 11) is 0. The Labute approximate surface area is 116 Å². The van der Waals surface area contributed by atoms with Crippen LogP contribution in [0.5, 0.6) is 0 Å². The van der Waals surface area contributed by atoms with Crippen molar-refractivity contribution in [2.75, 3.05) is 6.61 Å². The molecule has 0 aromatic carbocycles. The lowest BCUT2D eigenvalue weighted by Gasteiger charge is -2.25. The first-order valence-corrected chi connectivity index (χ1v) is 7.14. The Balaban J connectivity index is 2.09. The lowest BCUT2D eigenvalue weighted by atomic mass is 9.98. The fourth-order valence-corrected chi connectivity index (χ4v) is 3.36. The van der Waals surface area contributed by atoms with Gasteiger partial charge in [-0.05, 0) is 38.0 Å². The molecule has 2 aromatic heterocycles. The summed E-state index contributed by atoms with van der Waals surface area (Å²) in [6.45, 7) is 4.72. The van der Waals surface area contributed by atoms with Crippen LogP contribution in [-0.4, -0.2) is 17.9 Å². The third kappa shape index (κ3) is 2.22. The lowest BCUT2D eigenvalue weighted by Crippen LogP contribution is -2.19. The van der Waals surface area contributed by atoms with Crippen LogP contribution in [0.3, 0.4) is 0 Å². The van der Waals surface area contributed by atoms with E-state index in [0.717, 1.165) is 39.4 Å². The first kappa shape index (κ1) is 12.5. The molecule has 0 amide bonds. The number of hydrogen-bond donors (Lipinski definition) is 0. The van der Waals surface area contributed by atoms with Gasteiger partial charge in [0.05, 0.1) is 17.2 Å². The van der Waals surface area contributed by atoms with E-state index in [1.54, 1.807) is 0 Å². The summed E-state index contributed by atoms with van der Waals surface area (Å²) in [5.41, 5.74) is 4.33. The fourth-order valence-electron chi connectivity index (χ4n) is 2.49. The van der Waals surface area contributed by atoms with Crippen LogP contribution in [0.15, 0.2) is 18.2 Å². The average Bonchev–Trinajstić information content (AvgIpc) is 2.79. The van der Waals surface area contributed by atoms with Gasteiger partial charge in [-0.2, -0.15) is 0 Å². The third-order valence-electron chi connectivity index (χ3n) is 3.43. The molecule has 0 bridgehead atoms. The molecule has 1 aliphatic rings. The minimum absolute atomic E-state index is 0.131. The molecule has 0 saturated heterocycles. The Morgan fingerprint density at radius 2 is 2.26 bits per heavy atom. The number of carbonyl (C=O) groups is 1. The maximum Gasteiger partial charge on any atom is 0.160 e. The summed E-state index contributed by atoms with van der Waals surface area (Å²) in [4.78, 5) is 17.4. The second kappa shape index (κ2) is 4.87. The molecule has 0 aliphatic carbocycles. The van der Waals surface area contributed by atoms with Gasteiger partial charge >= 0.3 is 0 Å². The number of nitrogens with zero attached hydrogens (tertiary/aromatic N) is 1. The molecule has 0 fully saturated rings. The van der Waals surface area contributed by atoms with Crippen LogP contribution < -0.4 is 0 Å². The zero-order valence-corrected chi connectivity index (χ0v) is 11.8. The molecule has 0 radical (unpaired) electrons. The van der Waals surface area contributed by atoms with E-state index in [1.807, 2.05) is 26.0 Å². The van der Waals surface area contributed by atoms with Crippen LogP contribution >= 0.6 is 11.3 Å². The van der Waals surface area contributed by atoms with Gasteiger partial charge in [-0.25, -0.2) is 0 Å². The number of carbonyl (C=O) groups excluding carboxylic acids is 1. The van der Waals surface area contributed by atoms with E-state index in [9.17, 15) is 4.79 Å². The Morgan fingerprint density at radius 1 is 1.42 bits per heavy atom. The third-order valence-corrected chi connectivity index (χ3v) is 4.42. The molecular formula is C15H15NO2S. The molecule has 3 rings (SSSR count). The van der Waals surface area contributed by atoms with Crippen molar-refractivity contribution in [3.63, 3.8) is 0 Å². The van der Waals surface area contributed by atoms with Gasteiger partial charge in [0.2, 0.25) is 0 Å². The summed E-state index contributed by atoms with van der Waals surface area (Å²) < 4.78 is 5.91. The number of aromatic nitrogens is 1. The minimum Gasteiger partial charge on any atom is -0.367 e. The number of aldehydes is 1. The topological polar surface area (TPSA) is 39.2 Å². The van der Waals surface area contributed by atoms with Gasteiger partial charge in [-0.15, -0.1) is 11.3 Å². The lowest BCUT2D eigenvalue weighted by molar-refractivity contribution is 0.0662. The first-order valence-electron chi connectivity index (χ1n) is 6.32. The van der Waals surface area contributed by atoms with Gasteiger partial charge in [0.1, 0.15) is 6.10 Å². The standard InChI is InChI=1S/C15H15NO2S/c1-9-3-4-11-5-6-18-15(14(11)16-9)13-7-12(8-17)19-10(13)2/h3-4,7-8,15H,5-6H2,1-2H3. The van der Waals surface area contributed by atoms with Crippen molar-refractivity contribution in [2.24, 2.45) is 0 Å². The molecule has 1 atom stereocenters. The van der Waals surface area contributed by atoms with Crippen molar-refractivity contribution >= 4 is 17.6 Å². The molecule has 3 heterocycles. The van der Waals surface area contributed by atoms with E-state index in [0.29, 0.717) is 6.61 Å². The summed E-state index contributed by atoms with van der Waals surface area (Å²) in [6.07, 6.45) is 1.67. The Bertz CT molecular complexity index is 633. The Hall–Kier alpha value is -1.52. The largest absolute Gasteiger partial charge is 0.367 e. The van der Waals surface area contributed by atoms with Crippen LogP contribution in [0.4, 0.5) is 0 Å². The molecule has 0 saturated carbocycles. The zero-order chi connectivity index (χ0) is 13.4. The summed E-state index contributed by atoms with van der Waals surface area (Å²) in [5.74, 6) is 0. The molecule has 1 unspecified atom stereocenters. The summed E-state index contributed by atoms with van der Waals surface area (Å²) in [5, 5.41) is 0. The predicted octanol–water partition coefficient (Wildman–Crippen LogP) is 3.23. The second-order valence-corrected chi connectivity index (χ2v) is 6.06. The molecule has 2 aromatic rings. The molecule has 1 aliphatic heterocycles. The highest BCUT2D eigenvalue weighted by atomic mass is 32.1. The van der Waals surface area contributed by atoms with Crippen molar-refractivity contribution in [2.45, 2.75) is 26.4 Å². The molecule has 19 heavy (non-hydrogen) atoms. The summed E-state index contributed by atoms with van der Waals surface area (Å²) >= 11 is 1.51. The van der Waals surface area contributed by atoms with Gasteiger partial charge in [-0.1, -0.05) is 6.07 Å². The van der Waals surface area contributed by atoms with Crippen LogP contribution in [0.1, 0.15) is 43.2 Å². The highest BCUT2D eigenvalue weighted by molar-refractivity contribution is 7.13. The first-order chi connectivity index (χ1) is 9.19. The van der Waals surface area contributed by atoms with Crippen molar-refractivity contribution in [3.05, 3.63) is 50.5 Å². The number of aryl methyl sites for hydroxylation is 2. The van der Waals surface area contributed by atoms with Crippen molar-refractivity contribution in [1.82, 2.24) is 4.98 Å². The fraction of sp³-hybridized carbons (Fsp3) is 0.333. The van der Waals surface area contributed by atoms with Gasteiger partial charge in [0.25, 0.3) is 0 Å². The number of rotatable bonds is 2. The van der Waals surface area contributed by atoms with Crippen molar-refractivity contribution < 1.29 is 9.53 Å². The van der Waals surface area contributed by atoms with E-state index in [1.165, 1.54) is 16.9 Å². The zero-order valence-electron chi connectivity index (χ0n) is 11.0. The quantitative estimate of drug-likeness (QED) is 0.789. The van der Waals surface area contributed by atoms with Crippen LogP contribution in [0.2, 0.25) is 0 Å². The normalized spacial score (nSPS) is 18.1.